The fourth-order valence-electron chi connectivity index (χ4n) is 3.25. The van der Waals surface area contributed by atoms with Crippen molar-refractivity contribution >= 4 is 23.7 Å². The second-order valence-electron chi connectivity index (χ2n) is 6.03. The standard InChI is InChI=1S/C15H23N3O5/c1-3-16-7-8-17(14(21)13(16)20)9-12(19)18-6-4-5-11(10(18)2)15(22)23/h10-11H,3-9H2,1-2H3,(H,22,23)/t10-,11-/m0/s1. The Morgan fingerprint density at radius 2 is 1.74 bits per heavy atom. The molecule has 8 nitrogen and oxygen atoms in total. The Morgan fingerprint density at radius 3 is 2.35 bits per heavy atom. The van der Waals surface area contributed by atoms with Crippen LogP contribution in [0.5, 0.6) is 0 Å². The van der Waals surface area contributed by atoms with E-state index in [4.69, 9.17) is 0 Å². The van der Waals surface area contributed by atoms with Gasteiger partial charge in [0, 0.05) is 32.2 Å². The van der Waals surface area contributed by atoms with Crippen LogP contribution in [-0.2, 0) is 19.2 Å². The van der Waals surface area contributed by atoms with Gasteiger partial charge >= 0.3 is 17.8 Å². The number of likely N-dealkylation sites (tertiary alicyclic amines) is 1. The van der Waals surface area contributed by atoms with E-state index in [-0.39, 0.29) is 12.5 Å². The van der Waals surface area contributed by atoms with Gasteiger partial charge in [-0.25, -0.2) is 0 Å². The number of likely N-dealkylation sites (N-methyl/N-ethyl adjacent to an activating group) is 1. The summed E-state index contributed by atoms with van der Waals surface area (Å²) < 4.78 is 0. The van der Waals surface area contributed by atoms with Crippen molar-refractivity contribution in [1.82, 2.24) is 14.7 Å². The van der Waals surface area contributed by atoms with Gasteiger partial charge in [-0.3, -0.25) is 19.2 Å². The number of rotatable bonds is 4. The molecule has 3 amide bonds. The topological polar surface area (TPSA) is 98.2 Å². The molecule has 0 radical (unpaired) electrons. The van der Waals surface area contributed by atoms with Crippen molar-refractivity contribution in [3.8, 4) is 0 Å². The van der Waals surface area contributed by atoms with Gasteiger partial charge in [0.1, 0.15) is 6.54 Å². The largest absolute Gasteiger partial charge is 0.481 e. The van der Waals surface area contributed by atoms with Crippen LogP contribution in [0.2, 0.25) is 0 Å². The molecular weight excluding hydrogens is 302 g/mol. The van der Waals surface area contributed by atoms with E-state index in [9.17, 15) is 24.3 Å². The molecule has 0 aliphatic carbocycles. The quantitative estimate of drug-likeness (QED) is 0.695. The smallest absolute Gasteiger partial charge is 0.312 e. The first-order chi connectivity index (χ1) is 10.9. The van der Waals surface area contributed by atoms with Gasteiger partial charge in [-0.15, -0.1) is 0 Å². The number of carbonyl (C=O) groups excluding carboxylic acids is 3. The molecule has 2 heterocycles. The Balaban J connectivity index is 2.00. The number of aliphatic carboxylic acids is 1. The molecular formula is C15H23N3O5. The lowest BCUT2D eigenvalue weighted by atomic mass is 9.90. The average Bonchev–Trinajstić information content (AvgIpc) is 2.52. The van der Waals surface area contributed by atoms with Gasteiger partial charge in [-0.1, -0.05) is 0 Å². The van der Waals surface area contributed by atoms with Gasteiger partial charge in [0.2, 0.25) is 5.91 Å². The van der Waals surface area contributed by atoms with Gasteiger partial charge in [-0.05, 0) is 26.7 Å². The van der Waals surface area contributed by atoms with Gasteiger partial charge in [0.25, 0.3) is 0 Å². The molecule has 0 aromatic rings. The summed E-state index contributed by atoms with van der Waals surface area (Å²) in [7, 11) is 0. The van der Waals surface area contributed by atoms with Gasteiger partial charge in [-0.2, -0.15) is 0 Å². The van der Waals surface area contributed by atoms with Crippen molar-refractivity contribution in [2.45, 2.75) is 32.7 Å². The predicted molar refractivity (Wildman–Crippen MR) is 80.4 cm³/mol. The van der Waals surface area contributed by atoms with Crippen LogP contribution in [0.15, 0.2) is 0 Å². The number of hydrogen-bond acceptors (Lipinski definition) is 4. The summed E-state index contributed by atoms with van der Waals surface area (Å²) in [4.78, 5) is 51.8. The van der Waals surface area contributed by atoms with Crippen LogP contribution >= 0.6 is 0 Å². The highest BCUT2D eigenvalue weighted by Gasteiger charge is 2.38. The maximum Gasteiger partial charge on any atom is 0.312 e. The number of piperidine rings is 1. The average molecular weight is 325 g/mol. The molecule has 0 spiro atoms. The third-order valence-corrected chi connectivity index (χ3v) is 4.73. The predicted octanol–water partition coefficient (Wildman–Crippen LogP) is -0.611. The number of carbonyl (C=O) groups is 4. The Kier molecular flexibility index (Phi) is 5.23. The van der Waals surface area contributed by atoms with Crippen molar-refractivity contribution in [2.75, 3.05) is 32.7 Å². The van der Waals surface area contributed by atoms with Crippen LogP contribution < -0.4 is 0 Å². The highest BCUT2D eigenvalue weighted by molar-refractivity contribution is 6.35. The first-order valence-corrected chi connectivity index (χ1v) is 7.97. The van der Waals surface area contributed by atoms with Crippen LogP contribution in [0.3, 0.4) is 0 Å². The zero-order valence-electron chi connectivity index (χ0n) is 13.5. The number of hydrogen-bond donors (Lipinski definition) is 1. The molecule has 0 saturated carbocycles. The summed E-state index contributed by atoms with van der Waals surface area (Å²) in [6, 6.07) is -0.406. The Morgan fingerprint density at radius 1 is 1.13 bits per heavy atom. The van der Waals surface area contributed by atoms with E-state index in [2.05, 4.69) is 0 Å². The van der Waals surface area contributed by atoms with Gasteiger partial charge in [0.05, 0.1) is 5.92 Å². The SMILES string of the molecule is CCN1CCN(CC(=O)N2CCC[C@H](C(=O)O)[C@@H]2C)C(=O)C1=O. The molecule has 0 bridgehead atoms. The highest BCUT2D eigenvalue weighted by Crippen LogP contribution is 2.24. The van der Waals surface area contributed by atoms with Crippen LogP contribution in [0.4, 0.5) is 0 Å². The summed E-state index contributed by atoms with van der Waals surface area (Å²) in [6.07, 6.45) is 1.18. The van der Waals surface area contributed by atoms with Crippen LogP contribution in [-0.4, -0.2) is 82.3 Å². The Labute approximate surface area is 135 Å². The molecule has 2 atom stereocenters. The molecule has 1 N–H and O–H groups in total. The third-order valence-electron chi connectivity index (χ3n) is 4.73. The van der Waals surface area contributed by atoms with Gasteiger partial charge in [0.15, 0.2) is 0 Å². The van der Waals surface area contributed by atoms with Crippen LogP contribution in [0, 0.1) is 5.92 Å². The Hall–Kier alpha value is -2.12. The monoisotopic (exact) mass is 325 g/mol. The lowest BCUT2D eigenvalue weighted by molar-refractivity contribution is -0.158. The number of amides is 3. The lowest BCUT2D eigenvalue weighted by Gasteiger charge is -2.39. The molecule has 2 aliphatic rings. The molecule has 2 fully saturated rings. The van der Waals surface area contributed by atoms with Crippen molar-refractivity contribution < 1.29 is 24.3 Å². The van der Waals surface area contributed by atoms with E-state index in [1.165, 1.54) is 14.7 Å². The molecule has 128 valence electrons. The maximum absolute atomic E-state index is 12.5. The molecule has 0 aromatic heterocycles. The van der Waals surface area contributed by atoms with Crippen molar-refractivity contribution in [3.05, 3.63) is 0 Å². The summed E-state index contributed by atoms with van der Waals surface area (Å²) in [6.45, 7) is 5.05. The molecule has 2 aliphatic heterocycles. The van der Waals surface area contributed by atoms with Crippen molar-refractivity contribution in [2.24, 2.45) is 5.92 Å². The second kappa shape index (κ2) is 6.97. The number of carboxylic acids is 1. The number of carboxylic acid groups (broad SMARTS) is 1. The summed E-state index contributed by atoms with van der Waals surface area (Å²) in [5, 5.41) is 9.21. The zero-order chi connectivity index (χ0) is 17.1. The summed E-state index contributed by atoms with van der Waals surface area (Å²) >= 11 is 0. The molecule has 23 heavy (non-hydrogen) atoms. The van der Waals surface area contributed by atoms with Crippen LogP contribution in [0.25, 0.3) is 0 Å². The minimum Gasteiger partial charge on any atom is -0.481 e. The molecule has 0 unspecified atom stereocenters. The summed E-state index contributed by atoms with van der Waals surface area (Å²) in [5.41, 5.74) is 0. The maximum atomic E-state index is 12.5. The second-order valence-corrected chi connectivity index (χ2v) is 6.03. The van der Waals surface area contributed by atoms with Crippen molar-refractivity contribution in [1.29, 1.82) is 0 Å². The minimum atomic E-state index is -0.905. The van der Waals surface area contributed by atoms with Gasteiger partial charge < -0.3 is 19.8 Å². The van der Waals surface area contributed by atoms with Crippen molar-refractivity contribution in [3.63, 3.8) is 0 Å². The van der Waals surface area contributed by atoms with Crippen LogP contribution in [0.1, 0.15) is 26.7 Å². The van der Waals surface area contributed by atoms with E-state index in [0.717, 1.165) is 0 Å². The number of nitrogens with zero attached hydrogens (tertiary/aromatic N) is 3. The first-order valence-electron chi connectivity index (χ1n) is 7.97. The molecule has 0 aromatic carbocycles. The first kappa shape index (κ1) is 17.2. The molecule has 2 saturated heterocycles. The fourth-order valence-corrected chi connectivity index (χ4v) is 3.25. The van der Waals surface area contributed by atoms with E-state index < -0.39 is 29.7 Å². The summed E-state index contributed by atoms with van der Waals surface area (Å²) in [5.74, 6) is -3.03. The normalized spacial score (nSPS) is 25.7. The highest BCUT2D eigenvalue weighted by atomic mass is 16.4. The Bertz CT molecular complexity index is 521. The van der Waals surface area contributed by atoms with E-state index in [0.29, 0.717) is 39.0 Å². The van der Waals surface area contributed by atoms with E-state index >= 15 is 0 Å². The lowest BCUT2D eigenvalue weighted by Crippen LogP contribution is -2.58. The van der Waals surface area contributed by atoms with E-state index in [1.54, 1.807) is 13.8 Å². The zero-order valence-corrected chi connectivity index (χ0v) is 13.5. The number of piperazine rings is 1. The minimum absolute atomic E-state index is 0.168. The fraction of sp³-hybridized carbons (Fsp3) is 0.733. The van der Waals surface area contributed by atoms with E-state index in [1.807, 2.05) is 0 Å². The molecule has 8 heteroatoms. The third kappa shape index (κ3) is 3.46. The molecule has 2 rings (SSSR count).